The highest BCUT2D eigenvalue weighted by atomic mass is 32.2. The average Bonchev–Trinajstić information content (AvgIpc) is 1.80. The summed E-state index contributed by atoms with van der Waals surface area (Å²) in [6, 6.07) is 0. The Kier molecular flexibility index (Phi) is 3.82. The van der Waals surface area contributed by atoms with E-state index in [1.807, 2.05) is 20.8 Å². The zero-order valence-electron chi connectivity index (χ0n) is 9.22. The Balaban J connectivity index is 4.65. The average molecular weight is 205 g/mol. The molecule has 0 saturated heterocycles. The summed E-state index contributed by atoms with van der Waals surface area (Å²) in [6.07, 6.45) is 1.53. The Labute approximate surface area is 82.9 Å². The molecule has 78 valence electrons. The Hall–Kier alpha value is -0.220. The molecule has 0 heterocycles. The third-order valence-corrected chi connectivity index (χ3v) is 2.45. The van der Waals surface area contributed by atoms with Gasteiger partial charge in [0, 0.05) is 11.7 Å². The summed E-state index contributed by atoms with van der Waals surface area (Å²) < 4.78 is 13.7. The Morgan fingerprint density at radius 3 is 1.77 bits per heavy atom. The van der Waals surface area contributed by atoms with Crippen molar-refractivity contribution in [3.05, 3.63) is 0 Å². The second-order valence-electron chi connectivity index (χ2n) is 4.76. The van der Waals surface area contributed by atoms with Crippen molar-refractivity contribution in [2.75, 3.05) is 6.26 Å². The summed E-state index contributed by atoms with van der Waals surface area (Å²) >= 11 is 0. The number of hydrogen-bond acceptors (Lipinski definition) is 2. The number of hydrogen-bond donors (Lipinski definition) is 1. The second kappa shape index (κ2) is 3.88. The van der Waals surface area contributed by atoms with Gasteiger partial charge in [-0.15, -0.1) is 0 Å². The molecule has 0 aromatic rings. The molecule has 0 radical (unpaired) electrons. The van der Waals surface area contributed by atoms with Gasteiger partial charge in [-0.2, -0.15) is 0 Å². The molecule has 13 heavy (non-hydrogen) atoms. The monoisotopic (exact) mass is 205 g/mol. The van der Waals surface area contributed by atoms with E-state index >= 15 is 0 Å². The SMILES string of the molecule is CS(=O)NC(C)(C)C(=O)C(C)(C)C. The first kappa shape index (κ1) is 12.8. The van der Waals surface area contributed by atoms with Crippen molar-refractivity contribution in [3.63, 3.8) is 0 Å². The van der Waals surface area contributed by atoms with Gasteiger partial charge in [0.05, 0.1) is 16.5 Å². The lowest BCUT2D eigenvalue weighted by molar-refractivity contribution is -0.131. The maximum absolute atomic E-state index is 11.8. The molecule has 0 aromatic carbocycles. The van der Waals surface area contributed by atoms with Crippen molar-refractivity contribution in [2.24, 2.45) is 5.41 Å². The standard InChI is InChI=1S/C9H19NO2S/c1-8(2,3)7(11)9(4,5)10-13(6)12/h10H,1-6H3. The third kappa shape index (κ3) is 4.00. The fourth-order valence-corrected chi connectivity index (χ4v) is 2.15. The van der Waals surface area contributed by atoms with E-state index in [0.29, 0.717) is 0 Å². The quantitative estimate of drug-likeness (QED) is 0.754. The van der Waals surface area contributed by atoms with Crippen molar-refractivity contribution in [1.82, 2.24) is 4.72 Å². The van der Waals surface area contributed by atoms with E-state index in [1.54, 1.807) is 13.8 Å². The predicted molar refractivity (Wildman–Crippen MR) is 55.7 cm³/mol. The molecule has 0 amide bonds. The molecule has 1 N–H and O–H groups in total. The van der Waals surface area contributed by atoms with Crippen LogP contribution < -0.4 is 4.72 Å². The van der Waals surface area contributed by atoms with E-state index in [4.69, 9.17) is 0 Å². The van der Waals surface area contributed by atoms with Crippen LogP contribution in [0.5, 0.6) is 0 Å². The van der Waals surface area contributed by atoms with Gasteiger partial charge in [-0.05, 0) is 13.8 Å². The van der Waals surface area contributed by atoms with Gasteiger partial charge in [0.25, 0.3) is 0 Å². The van der Waals surface area contributed by atoms with E-state index < -0.39 is 21.9 Å². The normalized spacial score (nSPS) is 15.5. The van der Waals surface area contributed by atoms with Crippen LogP contribution in [0, 0.1) is 5.41 Å². The molecule has 0 rings (SSSR count). The maximum atomic E-state index is 11.8. The molecule has 0 aliphatic heterocycles. The van der Waals surface area contributed by atoms with Gasteiger partial charge in [0.2, 0.25) is 0 Å². The summed E-state index contributed by atoms with van der Waals surface area (Å²) in [5, 5.41) is 0. The molecule has 0 spiro atoms. The van der Waals surface area contributed by atoms with Gasteiger partial charge in [0.1, 0.15) is 0 Å². The Morgan fingerprint density at radius 2 is 1.54 bits per heavy atom. The molecule has 0 bridgehead atoms. The van der Waals surface area contributed by atoms with Gasteiger partial charge in [-0.3, -0.25) is 4.79 Å². The molecule has 0 aromatic heterocycles. The molecular weight excluding hydrogens is 186 g/mol. The van der Waals surface area contributed by atoms with Crippen molar-refractivity contribution < 1.29 is 9.00 Å². The Bertz CT molecular complexity index is 228. The molecule has 0 aliphatic rings. The number of carbonyl (C=O) groups is 1. The number of nitrogens with one attached hydrogen (secondary N) is 1. The lowest BCUT2D eigenvalue weighted by Crippen LogP contribution is -2.51. The van der Waals surface area contributed by atoms with Crippen molar-refractivity contribution in [2.45, 2.75) is 40.2 Å². The van der Waals surface area contributed by atoms with Crippen LogP contribution in [0.15, 0.2) is 0 Å². The van der Waals surface area contributed by atoms with Crippen LogP contribution in [0.3, 0.4) is 0 Å². The van der Waals surface area contributed by atoms with Crippen LogP contribution in [-0.4, -0.2) is 21.8 Å². The van der Waals surface area contributed by atoms with Crippen molar-refractivity contribution in [1.29, 1.82) is 0 Å². The minimum atomic E-state index is -1.16. The van der Waals surface area contributed by atoms with Crippen LogP contribution >= 0.6 is 0 Å². The number of rotatable bonds is 3. The van der Waals surface area contributed by atoms with Crippen LogP contribution in [0.25, 0.3) is 0 Å². The first-order valence-electron chi connectivity index (χ1n) is 4.23. The first-order chi connectivity index (χ1) is 5.57. The van der Waals surface area contributed by atoms with Crippen molar-refractivity contribution >= 4 is 16.8 Å². The maximum Gasteiger partial charge on any atom is 0.158 e. The summed E-state index contributed by atoms with van der Waals surface area (Å²) in [5.74, 6) is 0.0650. The van der Waals surface area contributed by atoms with Gasteiger partial charge >= 0.3 is 0 Å². The van der Waals surface area contributed by atoms with Crippen LogP contribution in [0.1, 0.15) is 34.6 Å². The second-order valence-corrected chi connectivity index (χ2v) is 5.87. The molecule has 0 fully saturated rings. The number of carbonyl (C=O) groups excluding carboxylic acids is 1. The highest BCUT2D eigenvalue weighted by Gasteiger charge is 2.36. The topological polar surface area (TPSA) is 46.2 Å². The fourth-order valence-electron chi connectivity index (χ4n) is 1.34. The Morgan fingerprint density at radius 1 is 1.15 bits per heavy atom. The van der Waals surface area contributed by atoms with Crippen LogP contribution in [0.4, 0.5) is 0 Å². The lowest BCUT2D eigenvalue weighted by Gasteiger charge is -2.30. The predicted octanol–water partition coefficient (Wildman–Crippen LogP) is 1.26. The molecule has 1 unspecified atom stereocenters. The minimum Gasteiger partial charge on any atom is -0.297 e. The zero-order chi connectivity index (χ0) is 10.9. The lowest BCUT2D eigenvalue weighted by atomic mass is 9.81. The summed E-state index contributed by atoms with van der Waals surface area (Å²) in [7, 11) is -1.16. The van der Waals surface area contributed by atoms with Gasteiger partial charge < -0.3 is 0 Å². The fraction of sp³-hybridized carbons (Fsp3) is 0.889. The molecule has 1 atom stereocenters. The molecule has 3 nitrogen and oxygen atoms in total. The first-order valence-corrected chi connectivity index (χ1v) is 5.79. The van der Waals surface area contributed by atoms with Gasteiger partial charge in [-0.1, -0.05) is 20.8 Å². The van der Waals surface area contributed by atoms with Gasteiger partial charge in [-0.25, -0.2) is 8.93 Å². The number of ketones is 1. The molecular formula is C9H19NO2S. The molecule has 4 heteroatoms. The summed E-state index contributed by atoms with van der Waals surface area (Å²) in [5.41, 5.74) is -1.13. The zero-order valence-corrected chi connectivity index (χ0v) is 10.0. The van der Waals surface area contributed by atoms with E-state index in [2.05, 4.69) is 4.72 Å². The largest absolute Gasteiger partial charge is 0.297 e. The van der Waals surface area contributed by atoms with E-state index in [-0.39, 0.29) is 5.78 Å². The number of Topliss-reactive ketones (excluding diaryl/α,β-unsaturated/α-hetero) is 1. The summed E-state index contributed by atoms with van der Waals surface area (Å²) in [4.78, 5) is 11.8. The van der Waals surface area contributed by atoms with Crippen LogP contribution in [-0.2, 0) is 15.8 Å². The highest BCUT2D eigenvalue weighted by Crippen LogP contribution is 2.22. The third-order valence-electron chi connectivity index (χ3n) is 1.65. The van der Waals surface area contributed by atoms with Crippen LogP contribution in [0.2, 0.25) is 0 Å². The molecule has 0 aliphatic carbocycles. The summed E-state index contributed by atoms with van der Waals surface area (Å²) in [6.45, 7) is 9.08. The van der Waals surface area contributed by atoms with E-state index in [9.17, 15) is 9.00 Å². The van der Waals surface area contributed by atoms with Gasteiger partial charge in [0.15, 0.2) is 5.78 Å². The highest BCUT2D eigenvalue weighted by molar-refractivity contribution is 7.82. The van der Waals surface area contributed by atoms with E-state index in [0.717, 1.165) is 0 Å². The molecule has 0 saturated carbocycles. The van der Waals surface area contributed by atoms with E-state index in [1.165, 1.54) is 6.26 Å². The minimum absolute atomic E-state index is 0.0650. The smallest absolute Gasteiger partial charge is 0.158 e. The van der Waals surface area contributed by atoms with Crippen molar-refractivity contribution in [3.8, 4) is 0 Å².